The molecule has 3 aromatic rings. The Morgan fingerprint density at radius 2 is 1.79 bits per heavy atom. The van der Waals surface area contributed by atoms with Crippen molar-refractivity contribution in [2.75, 3.05) is 19.5 Å². The van der Waals surface area contributed by atoms with Crippen LogP contribution >= 0.6 is 0 Å². The Morgan fingerprint density at radius 3 is 2.50 bits per heavy atom. The Bertz CT molecular complexity index is 1180. The minimum Gasteiger partial charge on any atom is -0.497 e. The lowest BCUT2D eigenvalue weighted by Gasteiger charge is -2.23. The van der Waals surface area contributed by atoms with Crippen LogP contribution in [-0.4, -0.2) is 37.0 Å². The topological polar surface area (TPSA) is 77.1 Å². The van der Waals surface area contributed by atoms with Gasteiger partial charge in [-0.05, 0) is 60.5 Å². The van der Waals surface area contributed by atoms with Gasteiger partial charge in [-0.15, -0.1) is 0 Å². The number of carbonyl (C=O) groups excluding carboxylic acids is 2. The van der Waals surface area contributed by atoms with Crippen molar-refractivity contribution in [1.29, 1.82) is 0 Å². The van der Waals surface area contributed by atoms with E-state index in [4.69, 9.17) is 14.2 Å². The SMILES string of the molecule is CCC1Oc2ccc(NC(=O)c3cccc(OC)c3)cc2CN(Cc2ccc(OC)cc2)C1=O. The first kappa shape index (κ1) is 23.2. The molecule has 1 atom stereocenters. The number of hydrogen-bond acceptors (Lipinski definition) is 5. The van der Waals surface area contributed by atoms with Gasteiger partial charge >= 0.3 is 0 Å². The summed E-state index contributed by atoms with van der Waals surface area (Å²) in [6.45, 7) is 2.75. The van der Waals surface area contributed by atoms with Crippen LogP contribution in [0.3, 0.4) is 0 Å². The number of fused-ring (bicyclic) bond motifs is 1. The molecule has 0 radical (unpaired) electrons. The zero-order chi connectivity index (χ0) is 24.1. The molecule has 1 unspecified atom stereocenters. The maximum atomic E-state index is 13.2. The molecule has 1 N–H and O–H groups in total. The van der Waals surface area contributed by atoms with Gasteiger partial charge < -0.3 is 24.4 Å². The van der Waals surface area contributed by atoms with Crippen LogP contribution in [0.25, 0.3) is 0 Å². The van der Waals surface area contributed by atoms with E-state index in [1.165, 1.54) is 0 Å². The predicted molar refractivity (Wildman–Crippen MR) is 129 cm³/mol. The number of rotatable bonds is 7. The van der Waals surface area contributed by atoms with Gasteiger partial charge in [-0.2, -0.15) is 0 Å². The number of nitrogens with one attached hydrogen (secondary N) is 1. The van der Waals surface area contributed by atoms with E-state index < -0.39 is 6.10 Å². The van der Waals surface area contributed by atoms with E-state index in [0.29, 0.717) is 42.3 Å². The van der Waals surface area contributed by atoms with Crippen molar-refractivity contribution in [1.82, 2.24) is 4.90 Å². The van der Waals surface area contributed by atoms with Crippen LogP contribution < -0.4 is 19.5 Å². The number of methoxy groups -OCH3 is 2. The molecular weight excluding hydrogens is 432 g/mol. The van der Waals surface area contributed by atoms with Crippen molar-refractivity contribution in [2.45, 2.75) is 32.5 Å². The fourth-order valence-corrected chi connectivity index (χ4v) is 3.90. The highest BCUT2D eigenvalue weighted by molar-refractivity contribution is 6.04. The smallest absolute Gasteiger partial charge is 0.264 e. The maximum absolute atomic E-state index is 13.2. The molecule has 1 aliphatic heterocycles. The number of ether oxygens (including phenoxy) is 3. The average Bonchev–Trinajstić information content (AvgIpc) is 3.00. The number of carbonyl (C=O) groups is 2. The van der Waals surface area contributed by atoms with Crippen molar-refractivity contribution in [3.05, 3.63) is 83.4 Å². The Labute approximate surface area is 199 Å². The molecule has 1 aliphatic rings. The van der Waals surface area contributed by atoms with Crippen LogP contribution in [-0.2, 0) is 17.9 Å². The third kappa shape index (κ3) is 5.14. The third-order valence-electron chi connectivity index (χ3n) is 5.77. The molecule has 0 aromatic heterocycles. The fourth-order valence-electron chi connectivity index (χ4n) is 3.90. The summed E-state index contributed by atoms with van der Waals surface area (Å²) in [4.78, 5) is 27.7. The number of amides is 2. The second kappa shape index (κ2) is 10.3. The number of anilines is 1. The van der Waals surface area contributed by atoms with Crippen LogP contribution in [0.1, 0.15) is 34.8 Å². The zero-order valence-electron chi connectivity index (χ0n) is 19.5. The van der Waals surface area contributed by atoms with E-state index in [0.717, 1.165) is 16.9 Å². The standard InChI is InChI=1S/C27H28N2O5/c1-4-24-27(31)29(16-18-8-11-22(32-2)12-9-18)17-20-14-21(10-13-25(20)34-24)28-26(30)19-6-5-7-23(15-19)33-3/h5-15,24H,4,16-17H2,1-3H3,(H,28,30). The summed E-state index contributed by atoms with van der Waals surface area (Å²) in [5, 5.41) is 2.93. The van der Waals surface area contributed by atoms with E-state index >= 15 is 0 Å². The summed E-state index contributed by atoms with van der Waals surface area (Å²) in [6, 6.07) is 20.1. The minimum absolute atomic E-state index is 0.0588. The summed E-state index contributed by atoms with van der Waals surface area (Å²) in [5.41, 5.74) is 2.95. The minimum atomic E-state index is -0.559. The van der Waals surface area contributed by atoms with Crippen molar-refractivity contribution in [3.8, 4) is 17.2 Å². The van der Waals surface area contributed by atoms with Crippen LogP contribution in [0.2, 0.25) is 0 Å². The first-order valence-corrected chi connectivity index (χ1v) is 11.2. The van der Waals surface area contributed by atoms with Gasteiger partial charge in [0.05, 0.1) is 14.2 Å². The maximum Gasteiger partial charge on any atom is 0.264 e. The van der Waals surface area contributed by atoms with E-state index in [9.17, 15) is 9.59 Å². The molecule has 0 fully saturated rings. The molecule has 3 aromatic carbocycles. The Kier molecular flexibility index (Phi) is 7.01. The molecule has 2 amide bonds. The highest BCUT2D eigenvalue weighted by Crippen LogP contribution is 2.30. The molecule has 1 heterocycles. The summed E-state index contributed by atoms with van der Waals surface area (Å²) in [7, 11) is 3.18. The summed E-state index contributed by atoms with van der Waals surface area (Å²) >= 11 is 0. The summed E-state index contributed by atoms with van der Waals surface area (Å²) in [6.07, 6.45) is 0.00263. The fraction of sp³-hybridized carbons (Fsp3) is 0.259. The molecule has 4 rings (SSSR count). The molecule has 176 valence electrons. The van der Waals surface area contributed by atoms with Gasteiger partial charge in [0, 0.05) is 29.9 Å². The van der Waals surface area contributed by atoms with Gasteiger partial charge in [-0.25, -0.2) is 0 Å². The zero-order valence-corrected chi connectivity index (χ0v) is 19.5. The van der Waals surface area contributed by atoms with Crippen molar-refractivity contribution in [2.24, 2.45) is 0 Å². The first-order valence-electron chi connectivity index (χ1n) is 11.2. The average molecular weight is 461 g/mol. The number of hydrogen-bond donors (Lipinski definition) is 1. The van der Waals surface area contributed by atoms with Crippen molar-refractivity contribution >= 4 is 17.5 Å². The molecular formula is C27H28N2O5. The van der Waals surface area contributed by atoms with Crippen molar-refractivity contribution < 1.29 is 23.8 Å². The Morgan fingerprint density at radius 1 is 1.03 bits per heavy atom. The summed E-state index contributed by atoms with van der Waals surface area (Å²) < 4.78 is 16.5. The Hall–Kier alpha value is -4.00. The second-order valence-electron chi connectivity index (χ2n) is 8.07. The summed E-state index contributed by atoms with van der Waals surface area (Å²) in [5.74, 6) is 1.73. The third-order valence-corrected chi connectivity index (χ3v) is 5.77. The second-order valence-corrected chi connectivity index (χ2v) is 8.07. The largest absolute Gasteiger partial charge is 0.497 e. The molecule has 0 bridgehead atoms. The van der Waals surface area contributed by atoms with E-state index in [1.807, 2.05) is 43.3 Å². The van der Waals surface area contributed by atoms with E-state index in [2.05, 4.69) is 5.32 Å². The lowest BCUT2D eigenvalue weighted by Crippen LogP contribution is -2.38. The molecule has 0 saturated heterocycles. The highest BCUT2D eigenvalue weighted by Gasteiger charge is 2.30. The molecule has 34 heavy (non-hydrogen) atoms. The number of nitrogens with zero attached hydrogens (tertiary/aromatic N) is 1. The predicted octanol–water partition coefficient (Wildman–Crippen LogP) is 4.66. The monoisotopic (exact) mass is 460 g/mol. The van der Waals surface area contributed by atoms with Crippen molar-refractivity contribution in [3.63, 3.8) is 0 Å². The Balaban J connectivity index is 1.56. The van der Waals surface area contributed by atoms with E-state index in [-0.39, 0.29) is 11.8 Å². The molecule has 7 nitrogen and oxygen atoms in total. The van der Waals surface area contributed by atoms with E-state index in [1.54, 1.807) is 49.5 Å². The number of benzene rings is 3. The van der Waals surface area contributed by atoms with Crippen LogP contribution in [0.5, 0.6) is 17.2 Å². The van der Waals surface area contributed by atoms with Crippen LogP contribution in [0.4, 0.5) is 5.69 Å². The lowest BCUT2D eigenvalue weighted by atomic mass is 10.1. The molecule has 7 heteroatoms. The normalized spacial score (nSPS) is 15.1. The van der Waals surface area contributed by atoms with Gasteiger partial charge in [0.1, 0.15) is 17.2 Å². The lowest BCUT2D eigenvalue weighted by molar-refractivity contribution is -0.139. The molecule has 0 spiro atoms. The van der Waals surface area contributed by atoms with Gasteiger partial charge in [0.2, 0.25) is 0 Å². The molecule has 0 aliphatic carbocycles. The van der Waals surface area contributed by atoms with Gasteiger partial charge in [-0.3, -0.25) is 9.59 Å². The van der Waals surface area contributed by atoms with Gasteiger partial charge in [0.25, 0.3) is 11.8 Å². The molecule has 0 saturated carbocycles. The van der Waals surface area contributed by atoms with Gasteiger partial charge in [0.15, 0.2) is 6.10 Å². The quantitative estimate of drug-likeness (QED) is 0.555. The van der Waals surface area contributed by atoms with Crippen LogP contribution in [0.15, 0.2) is 66.7 Å². The van der Waals surface area contributed by atoms with Crippen LogP contribution in [0, 0.1) is 0 Å². The van der Waals surface area contributed by atoms with Gasteiger partial charge in [-0.1, -0.05) is 25.1 Å². The highest BCUT2D eigenvalue weighted by atomic mass is 16.5. The first-order chi connectivity index (χ1) is 16.5.